The van der Waals surface area contributed by atoms with Gasteiger partial charge < -0.3 is 9.47 Å². The summed E-state index contributed by atoms with van der Waals surface area (Å²) < 4.78 is 92.7. The zero-order chi connectivity index (χ0) is 35.2. The molecule has 2 aliphatic carbocycles. The van der Waals surface area contributed by atoms with Crippen molar-refractivity contribution in [3.63, 3.8) is 0 Å². The third-order valence-electron chi connectivity index (χ3n) is 10.1. The molecule has 13 heteroatoms. The van der Waals surface area contributed by atoms with Gasteiger partial charge in [-0.2, -0.15) is 31.4 Å². The number of benzene rings is 2. The summed E-state index contributed by atoms with van der Waals surface area (Å²) in [5.41, 5.74) is -0.334. The zero-order valence-corrected chi connectivity index (χ0v) is 27.7. The van der Waals surface area contributed by atoms with Gasteiger partial charge in [0.15, 0.2) is 0 Å². The Kier molecular flexibility index (Phi) is 10.0. The van der Waals surface area contributed by atoms with Crippen LogP contribution in [0.15, 0.2) is 42.0 Å². The fraction of sp³-hybridized carbons (Fsp3) is 0.571. The van der Waals surface area contributed by atoms with Crippen LogP contribution in [-0.4, -0.2) is 48.3 Å². The predicted molar refractivity (Wildman–Crippen MR) is 164 cm³/mol. The lowest BCUT2D eigenvalue weighted by Gasteiger charge is -2.36. The molecular weight excluding hydrogens is 642 g/mol. The molecule has 0 aromatic heterocycles. The lowest BCUT2D eigenvalue weighted by atomic mass is 9.72. The molecule has 1 heterocycles. The lowest BCUT2D eigenvalue weighted by Crippen LogP contribution is -2.40. The third-order valence-corrected chi connectivity index (χ3v) is 10.1. The molecule has 48 heavy (non-hydrogen) atoms. The maximum absolute atomic E-state index is 13.6. The van der Waals surface area contributed by atoms with Crippen LogP contribution in [0.2, 0.25) is 0 Å². The molecule has 0 radical (unpaired) electrons. The van der Waals surface area contributed by atoms with E-state index in [0.29, 0.717) is 42.5 Å². The van der Waals surface area contributed by atoms with Gasteiger partial charge in [0.25, 0.3) is 0 Å². The standard InChI is InChI=1S/C35H42F6N2O5/c1-21-30(23-15-25(34(36,37)38)17-26(16-23)35(39,40)41)48-43(45)42(21)20-24-19-32(2,3)13-10-27(24)28-14-22(8-9-29(28)46-4)18-33(31(44)47-5)11-6-7-12-33/h8-9,14-17,21,30,45H,6-7,10-13,18-20H2,1-5H3/t21-,30-/m0/s1. The largest absolute Gasteiger partial charge is 0.496 e. The second kappa shape index (κ2) is 13.3. The first-order valence-corrected chi connectivity index (χ1v) is 16.1. The normalized spacial score (nSPS) is 23.5. The van der Waals surface area contributed by atoms with Crippen molar-refractivity contribution < 1.29 is 50.7 Å². The van der Waals surface area contributed by atoms with E-state index < -0.39 is 41.0 Å². The van der Waals surface area contributed by atoms with E-state index in [1.807, 2.05) is 18.2 Å². The Morgan fingerprint density at radius 3 is 2.17 bits per heavy atom. The smallest absolute Gasteiger partial charge is 0.416 e. The molecule has 264 valence electrons. The van der Waals surface area contributed by atoms with E-state index >= 15 is 0 Å². The van der Waals surface area contributed by atoms with Crippen LogP contribution in [-0.2, 0) is 33.1 Å². The lowest BCUT2D eigenvalue weighted by molar-refractivity contribution is -0.408. The number of hydrazine groups is 1. The maximum atomic E-state index is 13.6. The topological polar surface area (TPSA) is 71.5 Å². The minimum atomic E-state index is -5.02. The summed E-state index contributed by atoms with van der Waals surface area (Å²) in [5, 5.41) is 12.7. The minimum absolute atomic E-state index is 0.0695. The van der Waals surface area contributed by atoms with E-state index in [0.717, 1.165) is 54.4 Å². The van der Waals surface area contributed by atoms with Crippen LogP contribution < -0.4 is 4.74 Å². The van der Waals surface area contributed by atoms with E-state index in [1.54, 1.807) is 14.0 Å². The van der Waals surface area contributed by atoms with Crippen molar-refractivity contribution in [1.82, 2.24) is 10.3 Å². The second-order valence-electron chi connectivity index (χ2n) is 14.1. The van der Waals surface area contributed by atoms with Gasteiger partial charge in [0.2, 0.25) is 0 Å². The Morgan fingerprint density at radius 1 is 0.979 bits per heavy atom. The van der Waals surface area contributed by atoms with Gasteiger partial charge in [-0.15, -0.1) is 0 Å². The van der Waals surface area contributed by atoms with Crippen LogP contribution in [0, 0.1) is 10.8 Å². The summed E-state index contributed by atoms with van der Waals surface area (Å²) >= 11 is 0. The number of alkyl halides is 6. The summed E-state index contributed by atoms with van der Waals surface area (Å²) in [7, 11) is 2.97. The van der Waals surface area contributed by atoms with Crippen LogP contribution in [0.4, 0.5) is 26.3 Å². The van der Waals surface area contributed by atoms with E-state index in [4.69, 9.17) is 14.3 Å². The van der Waals surface area contributed by atoms with Gasteiger partial charge in [-0.05, 0) is 97.9 Å². The van der Waals surface area contributed by atoms with Gasteiger partial charge in [-0.25, -0.2) is 0 Å². The highest BCUT2D eigenvalue weighted by atomic mass is 19.4. The van der Waals surface area contributed by atoms with Crippen LogP contribution in [0.3, 0.4) is 0 Å². The quantitative estimate of drug-likeness (QED) is 0.220. The molecule has 7 nitrogen and oxygen atoms in total. The number of halogens is 6. The highest BCUT2D eigenvalue weighted by molar-refractivity contribution is 5.78. The molecule has 1 saturated heterocycles. The average molecular weight is 685 g/mol. The molecule has 0 bridgehead atoms. The van der Waals surface area contributed by atoms with Gasteiger partial charge in [0, 0.05) is 17.4 Å². The predicted octanol–water partition coefficient (Wildman–Crippen LogP) is 8.96. The van der Waals surface area contributed by atoms with Crippen LogP contribution >= 0.6 is 0 Å². The van der Waals surface area contributed by atoms with E-state index in [2.05, 4.69) is 13.8 Å². The first kappa shape index (κ1) is 36.2. The van der Waals surface area contributed by atoms with Crippen molar-refractivity contribution in [1.29, 1.82) is 0 Å². The Hall–Kier alpha value is -3.13. The summed E-state index contributed by atoms with van der Waals surface area (Å²) in [6.45, 7) is 5.90. The van der Waals surface area contributed by atoms with Crippen molar-refractivity contribution in [3.05, 3.63) is 69.8 Å². The Labute approximate surface area is 276 Å². The van der Waals surface area contributed by atoms with Gasteiger partial charge in [-0.3, -0.25) is 14.8 Å². The van der Waals surface area contributed by atoms with E-state index in [-0.39, 0.29) is 29.6 Å². The number of carbonyl (C=O) groups is 1. The highest BCUT2D eigenvalue weighted by Crippen LogP contribution is 2.48. The molecule has 3 aliphatic rings. The number of methoxy groups -OCH3 is 2. The molecule has 0 amide bonds. The molecule has 0 unspecified atom stereocenters. The van der Waals surface area contributed by atoms with Crippen molar-refractivity contribution in [3.8, 4) is 5.75 Å². The van der Waals surface area contributed by atoms with Crippen molar-refractivity contribution >= 4 is 11.5 Å². The fourth-order valence-electron chi connectivity index (χ4n) is 7.55. The number of rotatable bonds is 8. The SMILES string of the molecule is COC(=O)C1(Cc2ccc(OC)c(C3=C(CN4[C@@H](C)[C@@H](c5cc(C(F)(F)F)cc(C(F)(F)F)c5)ON4O)CC(C)(C)CC3)c2)CCCC1. The molecule has 2 atom stereocenters. The van der Waals surface area contributed by atoms with E-state index in [9.17, 15) is 36.3 Å². The molecule has 2 fully saturated rings. The molecule has 5 rings (SSSR count). The second-order valence-corrected chi connectivity index (χ2v) is 14.1. The number of nitrogens with zero attached hydrogens (tertiary/aromatic N) is 2. The monoisotopic (exact) mass is 684 g/mol. The molecule has 1 N–H and O–H groups in total. The summed E-state index contributed by atoms with van der Waals surface area (Å²) in [6, 6.07) is 6.33. The van der Waals surface area contributed by atoms with Crippen molar-refractivity contribution in [2.24, 2.45) is 10.8 Å². The molecule has 1 aliphatic heterocycles. The molecule has 2 aromatic carbocycles. The van der Waals surface area contributed by atoms with Crippen molar-refractivity contribution in [2.45, 2.75) is 96.6 Å². The Bertz CT molecular complexity index is 1510. The Morgan fingerprint density at radius 2 is 1.60 bits per heavy atom. The summed E-state index contributed by atoms with van der Waals surface area (Å²) in [6.07, 6.45) is -5.41. The fourth-order valence-corrected chi connectivity index (χ4v) is 7.55. The maximum Gasteiger partial charge on any atom is 0.416 e. The number of hydrogen-bond acceptors (Lipinski definition) is 7. The minimum Gasteiger partial charge on any atom is -0.496 e. The molecule has 2 aromatic rings. The van der Waals surface area contributed by atoms with Gasteiger partial charge in [0.1, 0.15) is 11.9 Å². The number of carbonyl (C=O) groups excluding carboxylic acids is 1. The third kappa shape index (κ3) is 7.39. The molecule has 0 spiro atoms. The average Bonchev–Trinajstić information content (AvgIpc) is 3.60. The van der Waals surface area contributed by atoms with Crippen LogP contribution in [0.5, 0.6) is 5.75 Å². The Balaban J connectivity index is 1.51. The first-order valence-electron chi connectivity index (χ1n) is 16.1. The number of esters is 1. The number of hydrogen-bond donors (Lipinski definition) is 1. The van der Waals surface area contributed by atoms with Gasteiger partial charge in [-0.1, -0.05) is 38.3 Å². The van der Waals surface area contributed by atoms with Gasteiger partial charge in [0.05, 0.1) is 36.8 Å². The van der Waals surface area contributed by atoms with Crippen LogP contribution in [0.25, 0.3) is 5.57 Å². The highest BCUT2D eigenvalue weighted by Gasteiger charge is 2.45. The first-order chi connectivity index (χ1) is 22.4. The number of ether oxygens (including phenoxy) is 2. The number of allylic oxidation sites excluding steroid dienone is 1. The molecular formula is C35H42F6N2O5. The molecule has 1 saturated carbocycles. The summed E-state index contributed by atoms with van der Waals surface area (Å²) in [4.78, 5) is 18.4. The van der Waals surface area contributed by atoms with E-state index in [1.165, 1.54) is 12.1 Å². The summed E-state index contributed by atoms with van der Waals surface area (Å²) in [5.74, 6) is 0.401. The zero-order valence-electron chi connectivity index (χ0n) is 27.7. The van der Waals surface area contributed by atoms with Crippen LogP contribution in [0.1, 0.15) is 99.6 Å². The van der Waals surface area contributed by atoms with Gasteiger partial charge >= 0.3 is 18.3 Å². The van der Waals surface area contributed by atoms with Crippen molar-refractivity contribution in [2.75, 3.05) is 20.8 Å².